The molecule has 18 heavy (non-hydrogen) atoms. The molecule has 1 aromatic heterocycles. The lowest BCUT2D eigenvalue weighted by molar-refractivity contribution is 0.217. The Balaban J connectivity index is 1.74. The maximum absolute atomic E-state index is 5.99. The van der Waals surface area contributed by atoms with Gasteiger partial charge in [0.15, 0.2) is 0 Å². The maximum Gasteiger partial charge on any atom is 0.130 e. The quantitative estimate of drug-likeness (QED) is 0.898. The summed E-state index contributed by atoms with van der Waals surface area (Å²) in [5, 5.41) is 4.48. The summed E-state index contributed by atoms with van der Waals surface area (Å²) in [6.07, 6.45) is 4.24. The predicted molar refractivity (Wildman–Crippen MR) is 72.8 cm³/mol. The number of piperidine rings is 1. The number of hydrogen-bond acceptors (Lipinski definition) is 3. The molecule has 3 heteroatoms. The maximum atomic E-state index is 5.99. The van der Waals surface area contributed by atoms with Crippen LogP contribution in [0, 0.1) is 5.92 Å². The number of fused-ring (bicyclic) bond motifs is 1. The first kappa shape index (κ1) is 11.5. The van der Waals surface area contributed by atoms with Gasteiger partial charge in [-0.25, -0.2) is 0 Å². The SMILES string of the molecule is c1ccc2c(OCC3CCNCC3)ccnc2c1. The molecule has 0 bridgehead atoms. The summed E-state index contributed by atoms with van der Waals surface area (Å²) < 4.78 is 5.99. The molecule has 1 N–H and O–H groups in total. The highest BCUT2D eigenvalue weighted by Gasteiger charge is 2.14. The molecular formula is C15H18N2O. The van der Waals surface area contributed by atoms with Gasteiger partial charge in [0.25, 0.3) is 0 Å². The van der Waals surface area contributed by atoms with Crippen LogP contribution >= 0.6 is 0 Å². The van der Waals surface area contributed by atoms with E-state index in [0.29, 0.717) is 5.92 Å². The molecule has 1 aliphatic heterocycles. The monoisotopic (exact) mass is 242 g/mol. The van der Waals surface area contributed by atoms with E-state index in [0.717, 1.165) is 36.3 Å². The summed E-state index contributed by atoms with van der Waals surface area (Å²) in [5.74, 6) is 1.64. The predicted octanol–water partition coefficient (Wildman–Crippen LogP) is 2.61. The second-order valence-electron chi connectivity index (χ2n) is 4.83. The van der Waals surface area contributed by atoms with Crippen molar-refractivity contribution in [2.24, 2.45) is 5.92 Å². The Kier molecular flexibility index (Phi) is 3.42. The van der Waals surface area contributed by atoms with Gasteiger partial charge < -0.3 is 10.1 Å². The van der Waals surface area contributed by atoms with E-state index in [-0.39, 0.29) is 0 Å². The fourth-order valence-electron chi connectivity index (χ4n) is 2.45. The van der Waals surface area contributed by atoms with Crippen molar-refractivity contribution in [1.29, 1.82) is 0 Å². The van der Waals surface area contributed by atoms with E-state index < -0.39 is 0 Å². The molecule has 0 spiro atoms. The lowest BCUT2D eigenvalue weighted by Crippen LogP contribution is -2.30. The Bertz CT molecular complexity index is 515. The zero-order valence-corrected chi connectivity index (χ0v) is 10.4. The third-order valence-electron chi connectivity index (χ3n) is 3.54. The van der Waals surface area contributed by atoms with Gasteiger partial charge in [0, 0.05) is 11.6 Å². The highest BCUT2D eigenvalue weighted by Crippen LogP contribution is 2.24. The van der Waals surface area contributed by atoms with E-state index in [4.69, 9.17) is 4.74 Å². The molecule has 1 aliphatic rings. The summed E-state index contributed by atoms with van der Waals surface area (Å²) in [4.78, 5) is 4.35. The average molecular weight is 242 g/mol. The van der Waals surface area contributed by atoms with Crippen molar-refractivity contribution < 1.29 is 4.74 Å². The second kappa shape index (κ2) is 5.36. The molecule has 1 fully saturated rings. The zero-order valence-electron chi connectivity index (χ0n) is 10.4. The van der Waals surface area contributed by atoms with Crippen molar-refractivity contribution >= 4 is 10.9 Å². The van der Waals surface area contributed by atoms with Gasteiger partial charge in [0.2, 0.25) is 0 Å². The molecule has 0 aliphatic carbocycles. The summed E-state index contributed by atoms with van der Waals surface area (Å²) in [6, 6.07) is 10.1. The lowest BCUT2D eigenvalue weighted by atomic mass is 9.99. The van der Waals surface area contributed by atoms with Gasteiger partial charge >= 0.3 is 0 Å². The highest BCUT2D eigenvalue weighted by molar-refractivity contribution is 5.84. The molecule has 1 aromatic carbocycles. The molecule has 2 aromatic rings. The standard InChI is InChI=1S/C15H18N2O/c1-2-4-14-13(3-1)15(7-10-17-14)18-11-12-5-8-16-9-6-12/h1-4,7,10,12,16H,5-6,8-9,11H2. The second-order valence-corrected chi connectivity index (χ2v) is 4.83. The van der Waals surface area contributed by atoms with Crippen LogP contribution in [-0.2, 0) is 0 Å². The van der Waals surface area contributed by atoms with Crippen LogP contribution in [0.25, 0.3) is 10.9 Å². The summed E-state index contributed by atoms with van der Waals surface area (Å²) in [6.45, 7) is 3.05. The van der Waals surface area contributed by atoms with Crippen molar-refractivity contribution in [2.75, 3.05) is 19.7 Å². The Morgan fingerprint density at radius 1 is 1.17 bits per heavy atom. The van der Waals surface area contributed by atoms with Gasteiger partial charge in [0.05, 0.1) is 12.1 Å². The molecular weight excluding hydrogens is 224 g/mol. The van der Waals surface area contributed by atoms with Gasteiger partial charge in [-0.3, -0.25) is 4.98 Å². The molecule has 94 valence electrons. The first-order chi connectivity index (χ1) is 8.93. The van der Waals surface area contributed by atoms with Gasteiger partial charge in [-0.1, -0.05) is 12.1 Å². The minimum Gasteiger partial charge on any atom is -0.493 e. The Morgan fingerprint density at radius 3 is 2.89 bits per heavy atom. The average Bonchev–Trinajstić information content (AvgIpc) is 2.46. The Morgan fingerprint density at radius 2 is 2.00 bits per heavy atom. The van der Waals surface area contributed by atoms with E-state index >= 15 is 0 Å². The summed E-state index contributed by atoms with van der Waals surface area (Å²) >= 11 is 0. The largest absolute Gasteiger partial charge is 0.493 e. The van der Waals surface area contributed by atoms with Crippen LogP contribution in [0.2, 0.25) is 0 Å². The first-order valence-corrected chi connectivity index (χ1v) is 6.61. The number of pyridine rings is 1. The summed E-state index contributed by atoms with van der Waals surface area (Å²) in [7, 11) is 0. The lowest BCUT2D eigenvalue weighted by Gasteiger charge is -2.22. The van der Waals surface area contributed by atoms with Gasteiger partial charge in [-0.2, -0.15) is 0 Å². The van der Waals surface area contributed by atoms with Gasteiger partial charge in [-0.15, -0.1) is 0 Å². The van der Waals surface area contributed by atoms with Crippen LogP contribution in [0.15, 0.2) is 36.5 Å². The smallest absolute Gasteiger partial charge is 0.130 e. The van der Waals surface area contributed by atoms with E-state index in [1.165, 1.54) is 12.8 Å². The Hall–Kier alpha value is -1.61. The third-order valence-corrected chi connectivity index (χ3v) is 3.54. The van der Waals surface area contributed by atoms with E-state index in [1.807, 2.05) is 30.5 Å². The fourth-order valence-corrected chi connectivity index (χ4v) is 2.45. The first-order valence-electron chi connectivity index (χ1n) is 6.61. The van der Waals surface area contributed by atoms with Crippen molar-refractivity contribution in [3.05, 3.63) is 36.5 Å². The van der Waals surface area contributed by atoms with Gasteiger partial charge in [0.1, 0.15) is 5.75 Å². The van der Waals surface area contributed by atoms with Crippen LogP contribution in [0.3, 0.4) is 0 Å². The number of nitrogens with one attached hydrogen (secondary N) is 1. The van der Waals surface area contributed by atoms with Crippen molar-refractivity contribution in [1.82, 2.24) is 10.3 Å². The van der Waals surface area contributed by atoms with E-state index in [9.17, 15) is 0 Å². The number of ether oxygens (including phenoxy) is 1. The molecule has 0 amide bonds. The molecule has 0 atom stereocenters. The zero-order chi connectivity index (χ0) is 12.2. The molecule has 0 radical (unpaired) electrons. The van der Waals surface area contributed by atoms with Gasteiger partial charge in [-0.05, 0) is 50.0 Å². The van der Waals surface area contributed by atoms with Crippen LogP contribution < -0.4 is 10.1 Å². The number of rotatable bonds is 3. The molecule has 2 heterocycles. The van der Waals surface area contributed by atoms with Crippen molar-refractivity contribution in [3.8, 4) is 5.75 Å². The molecule has 0 saturated carbocycles. The molecule has 3 rings (SSSR count). The van der Waals surface area contributed by atoms with Crippen LogP contribution in [-0.4, -0.2) is 24.7 Å². The minimum atomic E-state index is 0.679. The van der Waals surface area contributed by atoms with Crippen molar-refractivity contribution in [3.63, 3.8) is 0 Å². The highest BCUT2D eigenvalue weighted by atomic mass is 16.5. The topological polar surface area (TPSA) is 34.1 Å². The van der Waals surface area contributed by atoms with E-state index in [1.54, 1.807) is 0 Å². The molecule has 0 unspecified atom stereocenters. The Labute approximate surface area is 107 Å². The molecule has 1 saturated heterocycles. The van der Waals surface area contributed by atoms with Crippen molar-refractivity contribution in [2.45, 2.75) is 12.8 Å². The fraction of sp³-hybridized carbons (Fsp3) is 0.400. The van der Waals surface area contributed by atoms with Crippen LogP contribution in [0.1, 0.15) is 12.8 Å². The minimum absolute atomic E-state index is 0.679. The van der Waals surface area contributed by atoms with E-state index in [2.05, 4.69) is 16.4 Å². The van der Waals surface area contributed by atoms with Crippen LogP contribution in [0.4, 0.5) is 0 Å². The number of aromatic nitrogens is 1. The third kappa shape index (κ3) is 2.46. The number of nitrogens with zero attached hydrogens (tertiary/aromatic N) is 1. The number of hydrogen-bond donors (Lipinski definition) is 1. The number of para-hydroxylation sites is 1. The van der Waals surface area contributed by atoms with Crippen LogP contribution in [0.5, 0.6) is 5.75 Å². The normalized spacial score (nSPS) is 16.9. The number of benzene rings is 1. The summed E-state index contributed by atoms with van der Waals surface area (Å²) in [5.41, 5.74) is 1.00. The molecule has 3 nitrogen and oxygen atoms in total.